The van der Waals surface area contributed by atoms with Crippen molar-refractivity contribution in [2.24, 2.45) is 5.92 Å². The molecule has 0 atom stereocenters. The van der Waals surface area contributed by atoms with Crippen molar-refractivity contribution in [1.82, 2.24) is 5.32 Å². The SMILES string of the molecule is COc1cc(CCC(=O)NCc2ccc(NC(=O)C(C)C)cc2)cc(OC)c1. The number of nitrogens with one attached hydrogen (secondary N) is 2. The summed E-state index contributed by atoms with van der Waals surface area (Å²) in [5.41, 5.74) is 2.70. The largest absolute Gasteiger partial charge is 0.497 e. The van der Waals surface area contributed by atoms with Crippen LogP contribution in [-0.2, 0) is 22.6 Å². The standard InChI is InChI=1S/C22H28N2O4/c1-15(2)22(26)24-18-8-5-16(6-9-18)14-23-21(25)10-7-17-11-19(27-3)13-20(12-17)28-4/h5-6,8-9,11-13,15H,7,10,14H2,1-4H3,(H,23,25)(H,24,26). The van der Waals surface area contributed by atoms with E-state index in [4.69, 9.17) is 9.47 Å². The van der Waals surface area contributed by atoms with Gasteiger partial charge in [-0.3, -0.25) is 9.59 Å². The number of rotatable bonds is 9. The summed E-state index contributed by atoms with van der Waals surface area (Å²) in [4.78, 5) is 23.9. The highest BCUT2D eigenvalue weighted by Crippen LogP contribution is 2.23. The van der Waals surface area contributed by atoms with Gasteiger partial charge in [-0.05, 0) is 41.8 Å². The van der Waals surface area contributed by atoms with E-state index in [0.29, 0.717) is 30.9 Å². The second-order valence-electron chi connectivity index (χ2n) is 6.84. The molecule has 0 radical (unpaired) electrons. The molecule has 2 aromatic carbocycles. The van der Waals surface area contributed by atoms with Gasteiger partial charge in [0.05, 0.1) is 14.2 Å². The minimum atomic E-state index is -0.0662. The highest BCUT2D eigenvalue weighted by molar-refractivity contribution is 5.92. The maximum atomic E-state index is 12.2. The van der Waals surface area contributed by atoms with Gasteiger partial charge in [0.15, 0.2) is 0 Å². The number of anilines is 1. The number of ether oxygens (including phenoxy) is 2. The average Bonchev–Trinajstić information content (AvgIpc) is 2.71. The maximum absolute atomic E-state index is 12.2. The van der Waals surface area contributed by atoms with Crippen LogP contribution in [0.3, 0.4) is 0 Å². The number of amides is 2. The van der Waals surface area contributed by atoms with E-state index >= 15 is 0 Å². The van der Waals surface area contributed by atoms with Crippen LogP contribution in [0, 0.1) is 5.92 Å². The van der Waals surface area contributed by atoms with Crippen molar-refractivity contribution in [3.05, 3.63) is 53.6 Å². The molecule has 0 saturated carbocycles. The average molecular weight is 384 g/mol. The van der Waals surface area contributed by atoms with Gasteiger partial charge in [0.25, 0.3) is 0 Å². The first-order chi connectivity index (χ1) is 13.4. The zero-order valence-corrected chi connectivity index (χ0v) is 16.9. The molecular formula is C22H28N2O4. The molecule has 0 aliphatic rings. The van der Waals surface area contributed by atoms with E-state index in [1.54, 1.807) is 20.3 Å². The van der Waals surface area contributed by atoms with E-state index in [1.807, 2.05) is 50.2 Å². The molecule has 0 spiro atoms. The Morgan fingerprint density at radius 2 is 1.54 bits per heavy atom. The van der Waals surface area contributed by atoms with Crippen LogP contribution in [0.1, 0.15) is 31.4 Å². The number of hydrogen-bond acceptors (Lipinski definition) is 4. The number of carbonyl (C=O) groups is 2. The summed E-state index contributed by atoms with van der Waals surface area (Å²) in [5, 5.41) is 5.76. The molecule has 0 saturated heterocycles. The van der Waals surface area contributed by atoms with Gasteiger partial charge < -0.3 is 20.1 Å². The van der Waals surface area contributed by atoms with Crippen LogP contribution in [0.2, 0.25) is 0 Å². The molecular weight excluding hydrogens is 356 g/mol. The Bertz CT molecular complexity index is 778. The normalized spacial score (nSPS) is 10.5. The number of carbonyl (C=O) groups excluding carboxylic acids is 2. The third-order valence-electron chi connectivity index (χ3n) is 4.29. The highest BCUT2D eigenvalue weighted by Gasteiger charge is 2.08. The van der Waals surface area contributed by atoms with Crippen molar-refractivity contribution in [2.75, 3.05) is 19.5 Å². The number of methoxy groups -OCH3 is 2. The van der Waals surface area contributed by atoms with Gasteiger partial charge >= 0.3 is 0 Å². The third kappa shape index (κ3) is 6.61. The lowest BCUT2D eigenvalue weighted by Gasteiger charge is -2.10. The lowest BCUT2D eigenvalue weighted by molar-refractivity contribution is -0.121. The van der Waals surface area contributed by atoms with Gasteiger partial charge in [0.1, 0.15) is 11.5 Å². The van der Waals surface area contributed by atoms with Crippen molar-refractivity contribution in [1.29, 1.82) is 0 Å². The zero-order valence-electron chi connectivity index (χ0n) is 16.9. The summed E-state index contributed by atoms with van der Waals surface area (Å²) in [6.07, 6.45) is 0.971. The summed E-state index contributed by atoms with van der Waals surface area (Å²) in [6, 6.07) is 13.1. The fourth-order valence-electron chi connectivity index (χ4n) is 2.55. The smallest absolute Gasteiger partial charge is 0.226 e. The number of hydrogen-bond donors (Lipinski definition) is 2. The molecule has 0 unspecified atom stereocenters. The first-order valence-corrected chi connectivity index (χ1v) is 9.29. The maximum Gasteiger partial charge on any atom is 0.226 e. The van der Waals surface area contributed by atoms with Crippen LogP contribution >= 0.6 is 0 Å². The molecule has 2 amide bonds. The van der Waals surface area contributed by atoms with Gasteiger partial charge in [-0.25, -0.2) is 0 Å². The lowest BCUT2D eigenvalue weighted by atomic mass is 10.1. The Hall–Kier alpha value is -3.02. The predicted molar refractivity (Wildman–Crippen MR) is 110 cm³/mol. The Balaban J connectivity index is 1.82. The summed E-state index contributed by atoms with van der Waals surface area (Å²) >= 11 is 0. The Labute approximate surface area is 166 Å². The van der Waals surface area contributed by atoms with E-state index in [9.17, 15) is 9.59 Å². The lowest BCUT2D eigenvalue weighted by Crippen LogP contribution is -2.23. The van der Waals surface area contributed by atoms with E-state index in [-0.39, 0.29) is 17.7 Å². The fourth-order valence-corrected chi connectivity index (χ4v) is 2.55. The third-order valence-corrected chi connectivity index (χ3v) is 4.29. The molecule has 2 N–H and O–H groups in total. The van der Waals surface area contributed by atoms with E-state index in [0.717, 1.165) is 16.8 Å². The van der Waals surface area contributed by atoms with Crippen molar-refractivity contribution in [3.8, 4) is 11.5 Å². The fraction of sp³-hybridized carbons (Fsp3) is 0.364. The second kappa shape index (κ2) is 10.3. The van der Waals surface area contributed by atoms with Crippen molar-refractivity contribution in [2.45, 2.75) is 33.2 Å². The summed E-state index contributed by atoms with van der Waals surface area (Å²) in [5.74, 6) is 1.30. The molecule has 6 nitrogen and oxygen atoms in total. The van der Waals surface area contributed by atoms with E-state index in [2.05, 4.69) is 10.6 Å². The molecule has 150 valence electrons. The zero-order chi connectivity index (χ0) is 20.5. The van der Waals surface area contributed by atoms with Crippen LogP contribution in [0.25, 0.3) is 0 Å². The molecule has 2 rings (SSSR count). The van der Waals surface area contributed by atoms with E-state index < -0.39 is 0 Å². The minimum absolute atomic E-state index is 0.0183. The van der Waals surface area contributed by atoms with Crippen LogP contribution in [0.15, 0.2) is 42.5 Å². The van der Waals surface area contributed by atoms with Gasteiger partial charge in [0, 0.05) is 30.6 Å². The van der Waals surface area contributed by atoms with Gasteiger partial charge in [-0.15, -0.1) is 0 Å². The first kappa shape index (κ1) is 21.3. The molecule has 0 aromatic heterocycles. The predicted octanol–water partition coefficient (Wildman–Crippen LogP) is 3.55. The van der Waals surface area contributed by atoms with Gasteiger partial charge in [-0.2, -0.15) is 0 Å². The summed E-state index contributed by atoms with van der Waals surface area (Å²) in [7, 11) is 3.20. The quantitative estimate of drug-likeness (QED) is 0.693. The van der Waals surface area contributed by atoms with Crippen LogP contribution < -0.4 is 20.1 Å². The molecule has 0 fully saturated rings. The van der Waals surface area contributed by atoms with Crippen molar-refractivity contribution < 1.29 is 19.1 Å². The molecule has 6 heteroatoms. The number of benzene rings is 2. The van der Waals surface area contributed by atoms with Crippen molar-refractivity contribution in [3.63, 3.8) is 0 Å². The van der Waals surface area contributed by atoms with Gasteiger partial charge in [0.2, 0.25) is 11.8 Å². The summed E-state index contributed by atoms with van der Waals surface area (Å²) in [6.45, 7) is 4.14. The van der Waals surface area contributed by atoms with Gasteiger partial charge in [-0.1, -0.05) is 26.0 Å². The van der Waals surface area contributed by atoms with Crippen LogP contribution in [-0.4, -0.2) is 26.0 Å². The van der Waals surface area contributed by atoms with Crippen molar-refractivity contribution >= 4 is 17.5 Å². The minimum Gasteiger partial charge on any atom is -0.497 e. The monoisotopic (exact) mass is 384 g/mol. The summed E-state index contributed by atoms with van der Waals surface area (Å²) < 4.78 is 10.5. The molecule has 0 aliphatic carbocycles. The Morgan fingerprint density at radius 3 is 2.07 bits per heavy atom. The molecule has 28 heavy (non-hydrogen) atoms. The number of aryl methyl sites for hydroxylation is 1. The van der Waals surface area contributed by atoms with E-state index in [1.165, 1.54) is 0 Å². The molecule has 2 aromatic rings. The topological polar surface area (TPSA) is 76.7 Å². The van der Waals surface area contributed by atoms with Crippen LogP contribution in [0.5, 0.6) is 11.5 Å². The Kier molecular flexibility index (Phi) is 7.87. The molecule has 0 heterocycles. The highest BCUT2D eigenvalue weighted by atomic mass is 16.5. The first-order valence-electron chi connectivity index (χ1n) is 9.29. The van der Waals surface area contributed by atoms with Crippen LogP contribution in [0.4, 0.5) is 5.69 Å². The molecule has 0 bridgehead atoms. The second-order valence-corrected chi connectivity index (χ2v) is 6.84. The Morgan fingerprint density at radius 1 is 0.929 bits per heavy atom. The molecule has 0 aliphatic heterocycles.